The number of hydrogen-bond donors (Lipinski definition) is 1. The van der Waals surface area contributed by atoms with Crippen molar-refractivity contribution in [3.05, 3.63) is 53.2 Å². The highest BCUT2D eigenvalue weighted by atomic mass is 16.5. The molecule has 0 atom stereocenters. The van der Waals surface area contributed by atoms with Gasteiger partial charge in [0.1, 0.15) is 5.70 Å². The normalized spacial score (nSPS) is 12.2. The van der Waals surface area contributed by atoms with E-state index in [9.17, 15) is 9.59 Å². The van der Waals surface area contributed by atoms with Gasteiger partial charge in [0.15, 0.2) is 0 Å². The molecule has 0 aromatic heterocycles. The van der Waals surface area contributed by atoms with Crippen molar-refractivity contribution in [1.82, 2.24) is 5.32 Å². The molecule has 21 heavy (non-hydrogen) atoms. The maximum absolute atomic E-state index is 11.9. The van der Waals surface area contributed by atoms with Gasteiger partial charge in [-0.15, -0.1) is 0 Å². The SMILES string of the molecule is COC(=O)/C(NC(C)=O)=C(\C=C\c1ccccc1)C(C)C. The van der Waals surface area contributed by atoms with E-state index in [-0.39, 0.29) is 17.5 Å². The molecular formula is C17H21NO3. The van der Waals surface area contributed by atoms with Gasteiger partial charge < -0.3 is 10.1 Å². The van der Waals surface area contributed by atoms with Crippen molar-refractivity contribution in [1.29, 1.82) is 0 Å². The van der Waals surface area contributed by atoms with E-state index < -0.39 is 5.97 Å². The summed E-state index contributed by atoms with van der Waals surface area (Å²) in [6.07, 6.45) is 3.74. The Balaban J connectivity index is 3.22. The van der Waals surface area contributed by atoms with E-state index in [1.54, 1.807) is 0 Å². The Morgan fingerprint density at radius 1 is 1.19 bits per heavy atom. The lowest BCUT2D eigenvalue weighted by molar-refractivity contribution is -0.137. The molecule has 1 N–H and O–H groups in total. The van der Waals surface area contributed by atoms with Crippen LogP contribution in [0.25, 0.3) is 6.08 Å². The van der Waals surface area contributed by atoms with Gasteiger partial charge in [-0.1, -0.05) is 56.3 Å². The number of amides is 1. The molecule has 0 saturated heterocycles. The first-order chi connectivity index (χ1) is 9.95. The summed E-state index contributed by atoms with van der Waals surface area (Å²) in [6, 6.07) is 9.74. The summed E-state index contributed by atoms with van der Waals surface area (Å²) in [7, 11) is 1.29. The van der Waals surface area contributed by atoms with Gasteiger partial charge in [-0.25, -0.2) is 4.79 Å². The zero-order chi connectivity index (χ0) is 15.8. The van der Waals surface area contributed by atoms with Crippen molar-refractivity contribution in [3.63, 3.8) is 0 Å². The molecule has 0 unspecified atom stereocenters. The first-order valence-electron chi connectivity index (χ1n) is 6.79. The second kappa shape index (κ2) is 8.04. The third-order valence-corrected chi connectivity index (χ3v) is 2.86. The van der Waals surface area contributed by atoms with Crippen LogP contribution in [0.4, 0.5) is 0 Å². The first kappa shape index (κ1) is 16.7. The molecule has 1 aromatic rings. The Bertz CT molecular complexity index is 557. The molecule has 4 nitrogen and oxygen atoms in total. The zero-order valence-corrected chi connectivity index (χ0v) is 12.8. The van der Waals surface area contributed by atoms with E-state index in [0.29, 0.717) is 0 Å². The molecule has 0 bridgehead atoms. The number of benzene rings is 1. The van der Waals surface area contributed by atoms with Crippen LogP contribution in [0, 0.1) is 5.92 Å². The second-order valence-corrected chi connectivity index (χ2v) is 4.90. The number of carbonyl (C=O) groups is 2. The Morgan fingerprint density at radius 3 is 2.29 bits per heavy atom. The standard InChI is InChI=1S/C17H21NO3/c1-12(2)15(11-10-14-8-6-5-7-9-14)16(17(20)21-4)18-13(3)19/h5-12H,1-4H3,(H,18,19)/b11-10+,16-15-. The number of hydrogen-bond acceptors (Lipinski definition) is 3. The van der Waals surface area contributed by atoms with Crippen LogP contribution < -0.4 is 5.32 Å². The topological polar surface area (TPSA) is 55.4 Å². The molecule has 0 aliphatic carbocycles. The van der Waals surface area contributed by atoms with Gasteiger partial charge in [0.25, 0.3) is 0 Å². The highest BCUT2D eigenvalue weighted by molar-refractivity contribution is 5.94. The molecule has 0 saturated carbocycles. The summed E-state index contributed by atoms with van der Waals surface area (Å²) in [5, 5.41) is 2.56. The van der Waals surface area contributed by atoms with Crippen LogP contribution in [0.3, 0.4) is 0 Å². The minimum Gasteiger partial charge on any atom is -0.464 e. The van der Waals surface area contributed by atoms with Crippen molar-refractivity contribution >= 4 is 18.0 Å². The summed E-state index contributed by atoms with van der Waals surface area (Å²) in [5.74, 6) is -0.792. The van der Waals surface area contributed by atoms with Crippen molar-refractivity contribution in [2.24, 2.45) is 5.92 Å². The highest BCUT2D eigenvalue weighted by Gasteiger charge is 2.18. The number of nitrogens with one attached hydrogen (secondary N) is 1. The summed E-state index contributed by atoms with van der Waals surface area (Å²) >= 11 is 0. The van der Waals surface area contributed by atoms with Gasteiger partial charge in [0, 0.05) is 6.92 Å². The maximum Gasteiger partial charge on any atom is 0.354 e. The quantitative estimate of drug-likeness (QED) is 0.514. The number of rotatable bonds is 5. The predicted octanol–water partition coefficient (Wildman–Crippen LogP) is 2.92. The Labute approximate surface area is 125 Å². The number of allylic oxidation sites excluding steroid dienone is 2. The average Bonchev–Trinajstić information content (AvgIpc) is 2.45. The third kappa shape index (κ3) is 5.26. The third-order valence-electron chi connectivity index (χ3n) is 2.86. The fourth-order valence-corrected chi connectivity index (χ4v) is 1.83. The smallest absolute Gasteiger partial charge is 0.354 e. The molecular weight excluding hydrogens is 266 g/mol. The summed E-state index contributed by atoms with van der Waals surface area (Å²) in [6.45, 7) is 5.27. The molecule has 4 heteroatoms. The van der Waals surface area contributed by atoms with Crippen LogP contribution in [0.5, 0.6) is 0 Å². The van der Waals surface area contributed by atoms with Crippen LogP contribution >= 0.6 is 0 Å². The fourth-order valence-electron chi connectivity index (χ4n) is 1.83. The van der Waals surface area contributed by atoms with Crippen LogP contribution in [0.2, 0.25) is 0 Å². The average molecular weight is 287 g/mol. The predicted molar refractivity (Wildman–Crippen MR) is 83.2 cm³/mol. The zero-order valence-electron chi connectivity index (χ0n) is 12.8. The summed E-state index contributed by atoms with van der Waals surface area (Å²) in [5.41, 5.74) is 1.93. The second-order valence-electron chi connectivity index (χ2n) is 4.90. The van der Waals surface area contributed by atoms with E-state index in [2.05, 4.69) is 5.32 Å². The van der Waals surface area contributed by atoms with E-state index in [1.807, 2.05) is 56.3 Å². The number of methoxy groups -OCH3 is 1. The minimum absolute atomic E-state index is 0.0610. The molecule has 0 fully saturated rings. The Hall–Kier alpha value is -2.36. The molecule has 0 heterocycles. The van der Waals surface area contributed by atoms with Crippen molar-refractivity contribution in [2.75, 3.05) is 7.11 Å². The van der Waals surface area contributed by atoms with Gasteiger partial charge in [0.2, 0.25) is 5.91 Å². The lowest BCUT2D eigenvalue weighted by Gasteiger charge is -2.14. The number of carbonyl (C=O) groups excluding carboxylic acids is 2. The summed E-state index contributed by atoms with van der Waals surface area (Å²) < 4.78 is 4.75. The van der Waals surface area contributed by atoms with Crippen molar-refractivity contribution in [2.45, 2.75) is 20.8 Å². The van der Waals surface area contributed by atoms with Crippen LogP contribution in [-0.4, -0.2) is 19.0 Å². The fraction of sp³-hybridized carbons (Fsp3) is 0.294. The van der Waals surface area contributed by atoms with Crippen molar-refractivity contribution < 1.29 is 14.3 Å². The molecule has 112 valence electrons. The Morgan fingerprint density at radius 2 is 1.81 bits per heavy atom. The molecule has 0 aliphatic rings. The first-order valence-corrected chi connectivity index (χ1v) is 6.79. The molecule has 0 spiro atoms. The largest absolute Gasteiger partial charge is 0.464 e. The lowest BCUT2D eigenvalue weighted by atomic mass is 9.99. The van der Waals surface area contributed by atoms with Crippen LogP contribution in [0.15, 0.2) is 47.7 Å². The molecule has 1 rings (SSSR count). The minimum atomic E-state index is -0.549. The van der Waals surface area contributed by atoms with E-state index in [0.717, 1.165) is 11.1 Å². The van der Waals surface area contributed by atoms with Gasteiger partial charge in [-0.2, -0.15) is 0 Å². The highest BCUT2D eigenvalue weighted by Crippen LogP contribution is 2.18. The molecule has 0 radical (unpaired) electrons. The monoisotopic (exact) mass is 287 g/mol. The van der Waals surface area contributed by atoms with E-state index in [4.69, 9.17) is 4.74 Å². The number of ether oxygens (including phenoxy) is 1. The van der Waals surface area contributed by atoms with Crippen LogP contribution in [0.1, 0.15) is 26.3 Å². The number of esters is 1. The molecule has 1 amide bonds. The summed E-state index contributed by atoms with van der Waals surface area (Å²) in [4.78, 5) is 23.2. The van der Waals surface area contributed by atoms with Crippen LogP contribution in [-0.2, 0) is 14.3 Å². The lowest BCUT2D eigenvalue weighted by Crippen LogP contribution is -2.28. The Kier molecular flexibility index (Phi) is 6.40. The molecule has 1 aromatic carbocycles. The van der Waals surface area contributed by atoms with Crippen molar-refractivity contribution in [3.8, 4) is 0 Å². The van der Waals surface area contributed by atoms with E-state index in [1.165, 1.54) is 14.0 Å². The van der Waals surface area contributed by atoms with Gasteiger partial charge >= 0.3 is 5.97 Å². The van der Waals surface area contributed by atoms with E-state index >= 15 is 0 Å². The maximum atomic E-state index is 11.9. The van der Waals surface area contributed by atoms with Gasteiger partial charge in [-0.05, 0) is 17.1 Å². The molecule has 0 aliphatic heterocycles. The van der Waals surface area contributed by atoms with Gasteiger partial charge in [-0.3, -0.25) is 4.79 Å². The van der Waals surface area contributed by atoms with Gasteiger partial charge in [0.05, 0.1) is 7.11 Å².